The summed E-state index contributed by atoms with van der Waals surface area (Å²) in [5, 5.41) is 16.0. The maximum absolute atomic E-state index is 8.76. The van der Waals surface area contributed by atoms with Crippen molar-refractivity contribution < 1.29 is 5.21 Å². The lowest BCUT2D eigenvalue weighted by Crippen LogP contribution is -2.18. The van der Waals surface area contributed by atoms with E-state index in [4.69, 9.17) is 45.7 Å². The van der Waals surface area contributed by atoms with Crippen LogP contribution in [0.15, 0.2) is 35.6 Å². The van der Waals surface area contributed by atoms with Crippen LogP contribution in [0.4, 0.5) is 5.69 Å². The predicted octanol–water partition coefficient (Wildman–Crippen LogP) is 3.75. The lowest BCUT2D eigenvalue weighted by molar-refractivity contribution is 0.318. The highest BCUT2D eigenvalue weighted by molar-refractivity contribution is 6.44. The van der Waals surface area contributed by atoms with Gasteiger partial charge in [0.15, 0.2) is 5.84 Å². The van der Waals surface area contributed by atoms with Gasteiger partial charge in [-0.1, -0.05) is 46.0 Å². The zero-order valence-corrected chi connectivity index (χ0v) is 12.9. The van der Waals surface area contributed by atoms with Crippen LogP contribution in [0.2, 0.25) is 15.1 Å². The third kappa shape index (κ3) is 3.69. The highest BCUT2D eigenvalue weighted by Gasteiger charge is 2.10. The van der Waals surface area contributed by atoms with Gasteiger partial charge in [0.2, 0.25) is 0 Å². The number of hydrogen-bond acceptors (Lipinski definition) is 4. The number of pyridine rings is 1. The topological polar surface area (TPSA) is 83.5 Å². The number of aromatic nitrogens is 1. The highest BCUT2D eigenvalue weighted by atomic mass is 35.5. The van der Waals surface area contributed by atoms with Gasteiger partial charge in [-0.3, -0.25) is 4.98 Å². The molecule has 0 bridgehead atoms. The Balaban J connectivity index is 2.23. The van der Waals surface area contributed by atoms with Crippen LogP contribution in [0, 0.1) is 0 Å². The molecule has 21 heavy (non-hydrogen) atoms. The number of nitrogens with two attached hydrogens (primary N) is 1. The molecule has 0 saturated carbocycles. The molecule has 2 aromatic rings. The van der Waals surface area contributed by atoms with E-state index < -0.39 is 0 Å². The van der Waals surface area contributed by atoms with Crippen molar-refractivity contribution in [3.05, 3.63) is 56.8 Å². The van der Waals surface area contributed by atoms with Gasteiger partial charge in [-0.15, -0.1) is 0 Å². The molecule has 8 heteroatoms. The molecule has 0 aliphatic carbocycles. The summed E-state index contributed by atoms with van der Waals surface area (Å²) in [7, 11) is 0. The van der Waals surface area contributed by atoms with Gasteiger partial charge in [0, 0.05) is 18.3 Å². The summed E-state index contributed by atoms with van der Waals surface area (Å²) in [4.78, 5) is 4.08. The molecule has 0 fully saturated rings. The van der Waals surface area contributed by atoms with E-state index in [0.29, 0.717) is 33.0 Å². The Morgan fingerprint density at radius 3 is 2.67 bits per heavy atom. The minimum atomic E-state index is -0.0624. The molecule has 0 radical (unpaired) electrons. The quantitative estimate of drug-likeness (QED) is 0.259. The van der Waals surface area contributed by atoms with Crippen molar-refractivity contribution in [3.63, 3.8) is 0 Å². The van der Waals surface area contributed by atoms with E-state index in [9.17, 15) is 0 Å². The number of amidine groups is 1. The molecular weight excluding hydrogens is 335 g/mol. The van der Waals surface area contributed by atoms with Gasteiger partial charge in [0.1, 0.15) is 5.69 Å². The van der Waals surface area contributed by atoms with Gasteiger partial charge in [-0.2, -0.15) is 0 Å². The molecule has 0 aliphatic rings. The fraction of sp³-hybridized carbons (Fsp3) is 0.0769. The van der Waals surface area contributed by atoms with Crippen LogP contribution >= 0.6 is 34.8 Å². The Bertz CT molecular complexity index is 691. The van der Waals surface area contributed by atoms with Crippen LogP contribution in [0.5, 0.6) is 0 Å². The second kappa shape index (κ2) is 6.85. The van der Waals surface area contributed by atoms with Gasteiger partial charge >= 0.3 is 0 Å². The van der Waals surface area contributed by atoms with Crippen molar-refractivity contribution in [2.75, 3.05) is 5.32 Å². The fourth-order valence-corrected chi connectivity index (χ4v) is 2.32. The summed E-state index contributed by atoms with van der Waals surface area (Å²) in [6.45, 7) is 0.372. The van der Waals surface area contributed by atoms with E-state index in [1.165, 1.54) is 0 Å². The Morgan fingerprint density at radius 2 is 1.95 bits per heavy atom. The first-order valence-electron chi connectivity index (χ1n) is 5.83. The number of anilines is 1. The minimum Gasteiger partial charge on any atom is -0.409 e. The van der Waals surface area contributed by atoms with Crippen LogP contribution in [-0.2, 0) is 6.54 Å². The Morgan fingerprint density at radius 1 is 1.24 bits per heavy atom. The van der Waals surface area contributed by atoms with Crippen LogP contribution in [-0.4, -0.2) is 16.0 Å². The summed E-state index contributed by atoms with van der Waals surface area (Å²) in [6, 6.07) is 6.74. The predicted molar refractivity (Wildman–Crippen MR) is 85.5 cm³/mol. The largest absolute Gasteiger partial charge is 0.409 e. The number of oxime groups is 1. The first-order chi connectivity index (χ1) is 10.0. The lowest BCUT2D eigenvalue weighted by Gasteiger charge is -2.12. The Labute approximate surface area is 136 Å². The molecular formula is C13H11Cl3N4O. The van der Waals surface area contributed by atoms with E-state index in [1.54, 1.807) is 30.5 Å². The van der Waals surface area contributed by atoms with Crippen molar-refractivity contribution >= 4 is 46.3 Å². The van der Waals surface area contributed by atoms with Gasteiger partial charge in [-0.05, 0) is 18.2 Å². The van der Waals surface area contributed by atoms with E-state index in [1.807, 2.05) is 0 Å². The minimum absolute atomic E-state index is 0.0624. The zero-order chi connectivity index (χ0) is 15.4. The molecule has 4 N–H and O–H groups in total. The van der Waals surface area contributed by atoms with Gasteiger partial charge < -0.3 is 16.3 Å². The van der Waals surface area contributed by atoms with E-state index >= 15 is 0 Å². The van der Waals surface area contributed by atoms with Crippen molar-refractivity contribution in [3.8, 4) is 0 Å². The van der Waals surface area contributed by atoms with Gasteiger partial charge in [0.25, 0.3) is 0 Å². The van der Waals surface area contributed by atoms with Crippen molar-refractivity contribution in [2.45, 2.75) is 6.54 Å². The van der Waals surface area contributed by atoms with Gasteiger partial charge in [0.05, 0.1) is 20.8 Å². The molecule has 0 spiro atoms. The number of nitrogens with one attached hydrogen (secondary N) is 1. The fourth-order valence-electron chi connectivity index (χ4n) is 1.71. The molecule has 0 aliphatic heterocycles. The summed E-state index contributed by atoms with van der Waals surface area (Å²) in [6.07, 6.45) is 1.56. The average molecular weight is 346 g/mol. The lowest BCUT2D eigenvalue weighted by atomic mass is 10.1. The van der Waals surface area contributed by atoms with Crippen molar-refractivity contribution in [1.82, 2.24) is 4.98 Å². The summed E-state index contributed by atoms with van der Waals surface area (Å²) >= 11 is 17.9. The van der Waals surface area contributed by atoms with E-state index in [0.717, 1.165) is 5.56 Å². The highest BCUT2D eigenvalue weighted by Crippen LogP contribution is 2.32. The Kier molecular flexibility index (Phi) is 5.12. The molecule has 110 valence electrons. The normalized spacial score (nSPS) is 11.5. The van der Waals surface area contributed by atoms with Crippen LogP contribution in [0.25, 0.3) is 0 Å². The number of hydrogen-bond donors (Lipinski definition) is 3. The van der Waals surface area contributed by atoms with Crippen LogP contribution in [0.3, 0.4) is 0 Å². The second-order valence-electron chi connectivity index (χ2n) is 4.10. The van der Waals surface area contributed by atoms with Crippen LogP contribution < -0.4 is 11.1 Å². The monoisotopic (exact) mass is 344 g/mol. The standard InChI is InChI=1S/C13H11Cl3N4O/c14-8-4-10(16)11(5-9(8)15)19-6-7-2-1-3-18-12(7)13(17)20-21/h1-5,19,21H,6H2,(H2,17,20). The molecule has 0 unspecified atom stereocenters. The number of nitrogens with zero attached hydrogens (tertiary/aromatic N) is 2. The number of benzene rings is 1. The molecule has 5 nitrogen and oxygen atoms in total. The summed E-state index contributed by atoms with van der Waals surface area (Å²) in [5.41, 5.74) is 7.35. The van der Waals surface area contributed by atoms with E-state index in [-0.39, 0.29) is 5.84 Å². The van der Waals surface area contributed by atoms with Crippen LogP contribution in [0.1, 0.15) is 11.3 Å². The van der Waals surface area contributed by atoms with Crippen molar-refractivity contribution in [1.29, 1.82) is 0 Å². The van der Waals surface area contributed by atoms with Crippen molar-refractivity contribution in [2.24, 2.45) is 10.9 Å². The number of rotatable bonds is 4. The number of halogens is 3. The molecule has 0 saturated heterocycles. The SMILES string of the molecule is NC(=NO)c1ncccc1CNc1cc(Cl)c(Cl)cc1Cl. The third-order valence-corrected chi connectivity index (χ3v) is 3.76. The zero-order valence-electron chi connectivity index (χ0n) is 10.6. The second-order valence-corrected chi connectivity index (χ2v) is 5.32. The summed E-state index contributed by atoms with van der Waals surface area (Å²) in [5.74, 6) is -0.0624. The maximum Gasteiger partial charge on any atom is 0.189 e. The maximum atomic E-state index is 8.76. The molecule has 0 amide bonds. The average Bonchev–Trinajstić information content (AvgIpc) is 2.49. The molecule has 0 atom stereocenters. The smallest absolute Gasteiger partial charge is 0.189 e. The van der Waals surface area contributed by atoms with E-state index in [2.05, 4.69) is 15.5 Å². The van der Waals surface area contributed by atoms with Gasteiger partial charge in [-0.25, -0.2) is 0 Å². The third-order valence-electron chi connectivity index (χ3n) is 2.72. The first kappa shape index (κ1) is 15.7. The first-order valence-corrected chi connectivity index (χ1v) is 6.96. The molecule has 1 aromatic carbocycles. The Hall–Kier alpha value is -1.69. The molecule has 1 heterocycles. The molecule has 2 rings (SSSR count). The summed E-state index contributed by atoms with van der Waals surface area (Å²) < 4.78 is 0. The molecule has 1 aromatic heterocycles.